The molecular weight excluding hydrogens is 484 g/mol. The number of amides is 5. The van der Waals surface area contributed by atoms with E-state index in [-0.39, 0.29) is 30.8 Å². The van der Waals surface area contributed by atoms with Crippen LogP contribution in [0.25, 0.3) is 0 Å². The van der Waals surface area contributed by atoms with Gasteiger partial charge < -0.3 is 20.6 Å². The molecule has 0 unspecified atom stereocenters. The van der Waals surface area contributed by atoms with Gasteiger partial charge in [-0.05, 0) is 61.4 Å². The molecule has 1 aliphatic carbocycles. The van der Waals surface area contributed by atoms with Gasteiger partial charge in [-0.15, -0.1) is 0 Å². The molecule has 38 heavy (non-hydrogen) atoms. The summed E-state index contributed by atoms with van der Waals surface area (Å²) in [7, 11) is 0. The van der Waals surface area contributed by atoms with Crippen LogP contribution in [0.5, 0.6) is 0 Å². The monoisotopic (exact) mass is 520 g/mol. The van der Waals surface area contributed by atoms with E-state index in [1.165, 1.54) is 0 Å². The number of aryl methyl sites for hydroxylation is 1. The molecule has 0 bridgehead atoms. The Labute approximate surface area is 223 Å². The smallest absolute Gasteiger partial charge is 0.328 e. The molecule has 202 valence electrons. The van der Waals surface area contributed by atoms with E-state index in [0.717, 1.165) is 41.0 Å². The normalized spacial score (nSPS) is 17.7. The zero-order valence-electron chi connectivity index (χ0n) is 22.2. The SMILES string of the molecule is Cc1ccccc1NC(=O)Nc1ccc(CN2C(=O)N([C@@H](CC(C)C)C(=O)O)C(=O)C23CCCCC3)cc1. The van der Waals surface area contributed by atoms with Crippen LogP contribution in [-0.4, -0.2) is 50.4 Å². The van der Waals surface area contributed by atoms with Crippen molar-refractivity contribution >= 4 is 35.3 Å². The zero-order chi connectivity index (χ0) is 27.4. The van der Waals surface area contributed by atoms with Crippen LogP contribution in [0.1, 0.15) is 63.5 Å². The molecule has 9 nitrogen and oxygen atoms in total. The van der Waals surface area contributed by atoms with E-state index >= 15 is 0 Å². The van der Waals surface area contributed by atoms with Gasteiger partial charge in [0, 0.05) is 17.9 Å². The number of carboxylic acid groups (broad SMARTS) is 1. The van der Waals surface area contributed by atoms with Crippen LogP contribution in [0, 0.1) is 12.8 Å². The van der Waals surface area contributed by atoms with Gasteiger partial charge in [-0.3, -0.25) is 4.79 Å². The molecule has 4 rings (SSSR count). The molecule has 0 radical (unpaired) electrons. The standard InChI is InChI=1S/C29H36N4O5/c1-19(2)17-24(25(34)35)33-26(36)29(15-7-4-8-16-29)32(28(33)38)18-21-11-13-22(14-12-21)30-27(37)31-23-10-6-5-9-20(23)3/h5-6,9-14,19,24H,4,7-8,15-18H2,1-3H3,(H,34,35)(H2,30,31,37)/t24-/m0/s1. The van der Waals surface area contributed by atoms with Crippen molar-refractivity contribution < 1.29 is 24.3 Å². The van der Waals surface area contributed by atoms with Gasteiger partial charge in [-0.1, -0.05) is 63.4 Å². The maximum absolute atomic E-state index is 13.7. The molecule has 1 atom stereocenters. The number of hydrogen-bond acceptors (Lipinski definition) is 4. The first-order valence-electron chi connectivity index (χ1n) is 13.2. The molecule has 2 aromatic carbocycles. The van der Waals surface area contributed by atoms with Gasteiger partial charge >= 0.3 is 18.0 Å². The Bertz CT molecular complexity index is 1200. The summed E-state index contributed by atoms with van der Waals surface area (Å²) in [5.41, 5.74) is 2.04. The predicted molar refractivity (Wildman–Crippen MR) is 145 cm³/mol. The fraction of sp³-hybridized carbons (Fsp3) is 0.448. The Hall–Kier alpha value is -3.88. The van der Waals surface area contributed by atoms with E-state index in [2.05, 4.69) is 10.6 Å². The molecule has 1 spiro atoms. The molecule has 1 saturated carbocycles. The molecule has 5 amide bonds. The number of urea groups is 2. The van der Waals surface area contributed by atoms with Gasteiger partial charge in [0.05, 0.1) is 0 Å². The third-order valence-corrected chi connectivity index (χ3v) is 7.49. The molecule has 3 N–H and O–H groups in total. The summed E-state index contributed by atoms with van der Waals surface area (Å²) < 4.78 is 0. The average molecular weight is 521 g/mol. The Morgan fingerprint density at radius 2 is 1.63 bits per heavy atom. The van der Waals surface area contributed by atoms with Crippen molar-refractivity contribution in [1.29, 1.82) is 0 Å². The Morgan fingerprint density at radius 3 is 2.24 bits per heavy atom. The Kier molecular flexibility index (Phi) is 8.04. The van der Waals surface area contributed by atoms with E-state index in [4.69, 9.17) is 0 Å². The van der Waals surface area contributed by atoms with Crippen molar-refractivity contribution in [3.05, 3.63) is 59.7 Å². The number of nitrogens with zero attached hydrogens (tertiary/aromatic N) is 2. The lowest BCUT2D eigenvalue weighted by Crippen LogP contribution is -2.51. The summed E-state index contributed by atoms with van der Waals surface area (Å²) in [5, 5.41) is 15.5. The fourth-order valence-electron chi connectivity index (χ4n) is 5.49. The van der Waals surface area contributed by atoms with Gasteiger partial charge in [0.1, 0.15) is 11.6 Å². The Balaban J connectivity index is 1.51. The molecule has 2 aromatic rings. The number of carbonyl (C=O) groups excluding carboxylic acids is 3. The van der Waals surface area contributed by atoms with E-state index in [1.54, 1.807) is 17.0 Å². The number of para-hydroxylation sites is 1. The highest BCUT2D eigenvalue weighted by Crippen LogP contribution is 2.42. The van der Waals surface area contributed by atoms with Gasteiger partial charge in [0.25, 0.3) is 5.91 Å². The molecule has 2 fully saturated rings. The highest BCUT2D eigenvalue weighted by atomic mass is 16.4. The number of nitrogens with one attached hydrogen (secondary N) is 2. The van der Waals surface area contributed by atoms with E-state index < -0.39 is 23.6 Å². The Morgan fingerprint density at radius 1 is 0.974 bits per heavy atom. The van der Waals surface area contributed by atoms with Crippen molar-refractivity contribution in [3.8, 4) is 0 Å². The first-order chi connectivity index (χ1) is 18.1. The van der Waals surface area contributed by atoms with Crippen LogP contribution in [0.15, 0.2) is 48.5 Å². The van der Waals surface area contributed by atoms with Crippen LogP contribution < -0.4 is 10.6 Å². The molecule has 0 aromatic heterocycles. The van der Waals surface area contributed by atoms with E-state index in [0.29, 0.717) is 18.5 Å². The van der Waals surface area contributed by atoms with Crippen LogP contribution in [0.2, 0.25) is 0 Å². The molecule has 1 heterocycles. The van der Waals surface area contributed by atoms with Crippen LogP contribution >= 0.6 is 0 Å². The maximum atomic E-state index is 13.7. The second-order valence-electron chi connectivity index (χ2n) is 10.7. The summed E-state index contributed by atoms with van der Waals surface area (Å²) >= 11 is 0. The maximum Gasteiger partial charge on any atom is 0.328 e. The highest BCUT2D eigenvalue weighted by molar-refractivity contribution is 6.09. The largest absolute Gasteiger partial charge is 0.480 e. The number of anilines is 2. The lowest BCUT2D eigenvalue weighted by molar-refractivity contribution is -0.149. The predicted octanol–water partition coefficient (Wildman–Crippen LogP) is 5.61. The summed E-state index contributed by atoms with van der Waals surface area (Å²) in [6.45, 7) is 5.86. The average Bonchev–Trinajstić information content (AvgIpc) is 3.06. The molecule has 1 saturated heterocycles. The minimum absolute atomic E-state index is 0.0103. The van der Waals surface area contributed by atoms with Gasteiger partial charge in [0.2, 0.25) is 0 Å². The third kappa shape index (κ3) is 5.51. The summed E-state index contributed by atoms with van der Waals surface area (Å²) in [6.07, 6.45) is 3.87. The van der Waals surface area contributed by atoms with Crippen molar-refractivity contribution in [2.75, 3.05) is 10.6 Å². The number of carboxylic acids is 1. The number of aliphatic carboxylic acids is 1. The topological polar surface area (TPSA) is 119 Å². The van der Waals surface area contributed by atoms with Crippen molar-refractivity contribution in [2.24, 2.45) is 5.92 Å². The first kappa shape index (κ1) is 27.2. The van der Waals surface area contributed by atoms with E-state index in [1.807, 2.05) is 57.2 Å². The summed E-state index contributed by atoms with van der Waals surface area (Å²) in [5.74, 6) is -1.54. The van der Waals surface area contributed by atoms with Gasteiger partial charge in [-0.25, -0.2) is 19.3 Å². The summed E-state index contributed by atoms with van der Waals surface area (Å²) in [6, 6.07) is 12.5. The highest BCUT2D eigenvalue weighted by Gasteiger charge is 2.59. The number of hydrogen-bond donors (Lipinski definition) is 3. The lowest BCUT2D eigenvalue weighted by atomic mass is 9.80. The van der Waals surface area contributed by atoms with Crippen molar-refractivity contribution in [3.63, 3.8) is 0 Å². The number of carbonyl (C=O) groups is 4. The first-order valence-corrected chi connectivity index (χ1v) is 13.2. The number of rotatable bonds is 8. The zero-order valence-corrected chi connectivity index (χ0v) is 22.2. The van der Waals surface area contributed by atoms with E-state index in [9.17, 15) is 24.3 Å². The molecule has 9 heteroatoms. The van der Waals surface area contributed by atoms with Crippen LogP contribution in [0.4, 0.5) is 21.0 Å². The fourth-order valence-corrected chi connectivity index (χ4v) is 5.49. The second-order valence-corrected chi connectivity index (χ2v) is 10.7. The van der Waals surface area contributed by atoms with Crippen LogP contribution in [0.3, 0.4) is 0 Å². The second kappa shape index (κ2) is 11.2. The molecule has 2 aliphatic rings. The van der Waals surface area contributed by atoms with Crippen molar-refractivity contribution in [2.45, 2.75) is 77.4 Å². The third-order valence-electron chi connectivity index (χ3n) is 7.49. The molecule has 1 aliphatic heterocycles. The van der Waals surface area contributed by atoms with Gasteiger partial charge in [-0.2, -0.15) is 0 Å². The van der Waals surface area contributed by atoms with Gasteiger partial charge in [0.15, 0.2) is 0 Å². The lowest BCUT2D eigenvalue weighted by Gasteiger charge is -2.38. The van der Waals surface area contributed by atoms with Crippen LogP contribution in [-0.2, 0) is 16.1 Å². The number of imide groups is 1. The quantitative estimate of drug-likeness (QED) is 0.391. The minimum atomic E-state index is -1.18. The van der Waals surface area contributed by atoms with Crippen molar-refractivity contribution in [1.82, 2.24) is 9.80 Å². The minimum Gasteiger partial charge on any atom is -0.480 e. The summed E-state index contributed by atoms with van der Waals surface area (Å²) in [4.78, 5) is 54.5. The number of benzene rings is 2. The molecular formula is C29H36N4O5.